The molecule has 8 heteroatoms. The van der Waals surface area contributed by atoms with Crippen LogP contribution in [0.5, 0.6) is 0 Å². The summed E-state index contributed by atoms with van der Waals surface area (Å²) in [5.74, 6) is -0.336. The summed E-state index contributed by atoms with van der Waals surface area (Å²) in [4.78, 5) is 25.4. The van der Waals surface area contributed by atoms with E-state index < -0.39 is 14.8 Å². The molecule has 0 spiro atoms. The summed E-state index contributed by atoms with van der Waals surface area (Å²) in [5.41, 5.74) is 1.16. The molecule has 0 bridgehead atoms. The topological polar surface area (TPSA) is 104 Å². The third kappa shape index (κ3) is 6.54. The second kappa shape index (κ2) is 10.3. The van der Waals surface area contributed by atoms with Crippen molar-refractivity contribution in [2.24, 2.45) is 5.92 Å². The van der Waals surface area contributed by atoms with Crippen LogP contribution in [0.2, 0.25) is 0 Å². The predicted octanol–water partition coefficient (Wildman–Crippen LogP) is 3.96. The molecular formula is C24H37N3O4S. The third-order valence-corrected chi connectivity index (χ3v) is 8.81. The summed E-state index contributed by atoms with van der Waals surface area (Å²) in [6.07, 6.45) is 8.12. The van der Waals surface area contributed by atoms with Crippen LogP contribution in [0.15, 0.2) is 24.3 Å². The first-order chi connectivity index (χ1) is 15.0. The largest absolute Gasteiger partial charge is 0.349 e. The fourth-order valence-electron chi connectivity index (χ4n) is 4.37. The molecule has 178 valence electrons. The fraction of sp³-hybridized carbons (Fsp3) is 0.667. The van der Waals surface area contributed by atoms with E-state index in [4.69, 9.17) is 0 Å². The van der Waals surface area contributed by atoms with Gasteiger partial charge >= 0.3 is 0 Å². The van der Waals surface area contributed by atoms with Gasteiger partial charge in [-0.25, -0.2) is 13.1 Å². The lowest BCUT2D eigenvalue weighted by Crippen LogP contribution is -2.46. The molecule has 1 aromatic carbocycles. The monoisotopic (exact) mass is 463 g/mol. The van der Waals surface area contributed by atoms with E-state index in [1.807, 2.05) is 0 Å². The maximum atomic E-state index is 12.8. The minimum absolute atomic E-state index is 0.0769. The Morgan fingerprint density at radius 2 is 1.56 bits per heavy atom. The van der Waals surface area contributed by atoms with Gasteiger partial charge in [0.1, 0.15) is 0 Å². The number of carbonyl (C=O) groups is 2. The molecule has 3 N–H and O–H groups in total. The Balaban J connectivity index is 1.51. The highest BCUT2D eigenvalue weighted by atomic mass is 32.2. The van der Waals surface area contributed by atoms with Crippen LogP contribution in [0.3, 0.4) is 0 Å². The van der Waals surface area contributed by atoms with E-state index >= 15 is 0 Å². The zero-order valence-electron chi connectivity index (χ0n) is 19.4. The number of anilines is 1. The molecule has 2 saturated carbocycles. The summed E-state index contributed by atoms with van der Waals surface area (Å²) in [5, 5.41) is 6.05. The van der Waals surface area contributed by atoms with Crippen LogP contribution in [0.4, 0.5) is 5.69 Å². The standard InChI is InChI=1S/C24H37N3O4S/c1-24(2,3)32(30,31)27-20-14-12-17(13-15-20)22(28)26-21-11-7-8-18(16-21)23(29)25-19-9-5-4-6-10-19/h7-8,11,16-17,19-20,27H,4-6,9-10,12-15H2,1-3H3,(H,25,29)(H,26,28)/t17-,20-. The van der Waals surface area contributed by atoms with Gasteiger partial charge < -0.3 is 10.6 Å². The minimum Gasteiger partial charge on any atom is -0.349 e. The number of sulfonamides is 1. The average molecular weight is 464 g/mol. The van der Waals surface area contributed by atoms with Gasteiger partial charge in [-0.1, -0.05) is 25.3 Å². The van der Waals surface area contributed by atoms with Crippen LogP contribution in [0.25, 0.3) is 0 Å². The Hall–Kier alpha value is -1.93. The van der Waals surface area contributed by atoms with Crippen LogP contribution in [0.1, 0.15) is 88.9 Å². The molecule has 3 rings (SSSR count). The molecule has 2 aliphatic rings. The number of benzene rings is 1. The first-order valence-corrected chi connectivity index (χ1v) is 13.3. The quantitative estimate of drug-likeness (QED) is 0.594. The van der Waals surface area contributed by atoms with Crippen LogP contribution in [-0.2, 0) is 14.8 Å². The van der Waals surface area contributed by atoms with Gasteiger partial charge in [-0.2, -0.15) is 0 Å². The van der Waals surface area contributed by atoms with Crippen molar-refractivity contribution < 1.29 is 18.0 Å². The Morgan fingerprint density at radius 1 is 0.906 bits per heavy atom. The molecule has 0 heterocycles. The molecule has 0 atom stereocenters. The first kappa shape index (κ1) is 24.7. The number of rotatable bonds is 6. The summed E-state index contributed by atoms with van der Waals surface area (Å²) >= 11 is 0. The summed E-state index contributed by atoms with van der Waals surface area (Å²) in [6, 6.07) is 7.16. The molecule has 2 amide bonds. The number of carbonyl (C=O) groups excluding carboxylic acids is 2. The molecule has 0 aliphatic heterocycles. The summed E-state index contributed by atoms with van der Waals surface area (Å²) in [7, 11) is -3.40. The van der Waals surface area contributed by atoms with Crippen molar-refractivity contribution in [3.63, 3.8) is 0 Å². The Morgan fingerprint density at radius 3 is 2.19 bits per heavy atom. The Labute approximate surface area is 192 Å². The van der Waals surface area contributed by atoms with Gasteiger partial charge in [0, 0.05) is 29.3 Å². The van der Waals surface area contributed by atoms with Crippen LogP contribution in [0, 0.1) is 5.92 Å². The molecule has 0 saturated heterocycles. The lowest BCUT2D eigenvalue weighted by molar-refractivity contribution is -0.120. The van der Waals surface area contributed by atoms with Gasteiger partial charge in [0.2, 0.25) is 15.9 Å². The van der Waals surface area contributed by atoms with E-state index in [1.54, 1.807) is 45.0 Å². The normalized spacial score (nSPS) is 22.8. The molecule has 32 heavy (non-hydrogen) atoms. The van der Waals surface area contributed by atoms with Crippen LogP contribution >= 0.6 is 0 Å². The second-order valence-corrected chi connectivity index (χ2v) is 12.6. The van der Waals surface area contributed by atoms with E-state index in [0.29, 0.717) is 36.9 Å². The molecule has 2 fully saturated rings. The van der Waals surface area contributed by atoms with Crippen molar-refractivity contribution in [2.75, 3.05) is 5.32 Å². The molecule has 7 nitrogen and oxygen atoms in total. The molecule has 2 aliphatic carbocycles. The SMILES string of the molecule is CC(C)(C)S(=O)(=O)N[C@H]1CC[C@H](C(=O)Nc2cccc(C(=O)NC3CCCCC3)c2)CC1. The molecule has 1 aromatic rings. The van der Waals surface area contributed by atoms with Crippen molar-refractivity contribution in [2.45, 2.75) is 95.4 Å². The number of nitrogens with one attached hydrogen (secondary N) is 3. The first-order valence-electron chi connectivity index (χ1n) is 11.8. The van der Waals surface area contributed by atoms with Crippen molar-refractivity contribution in [3.8, 4) is 0 Å². The molecule has 0 aromatic heterocycles. The smallest absolute Gasteiger partial charge is 0.251 e. The summed E-state index contributed by atoms with van der Waals surface area (Å²) < 4.78 is 26.7. The Kier molecular flexibility index (Phi) is 7.98. The van der Waals surface area contributed by atoms with Crippen molar-refractivity contribution in [1.29, 1.82) is 0 Å². The summed E-state index contributed by atoms with van der Waals surface area (Å²) in [6.45, 7) is 5.04. The van der Waals surface area contributed by atoms with E-state index in [1.165, 1.54) is 6.42 Å². The van der Waals surface area contributed by atoms with Gasteiger partial charge in [0.15, 0.2) is 0 Å². The molecule has 0 radical (unpaired) electrons. The van der Waals surface area contributed by atoms with Crippen molar-refractivity contribution in [3.05, 3.63) is 29.8 Å². The van der Waals surface area contributed by atoms with Crippen molar-refractivity contribution >= 4 is 27.5 Å². The van der Waals surface area contributed by atoms with E-state index in [-0.39, 0.29) is 29.8 Å². The Bertz CT molecular complexity index is 909. The van der Waals surface area contributed by atoms with Gasteiger partial charge in [-0.15, -0.1) is 0 Å². The van der Waals surface area contributed by atoms with E-state index in [0.717, 1.165) is 25.7 Å². The zero-order chi connectivity index (χ0) is 23.4. The maximum absolute atomic E-state index is 12.8. The second-order valence-electron chi connectivity index (χ2n) is 10.2. The van der Waals surface area contributed by atoms with E-state index in [9.17, 15) is 18.0 Å². The van der Waals surface area contributed by atoms with Gasteiger partial charge in [-0.3, -0.25) is 9.59 Å². The predicted molar refractivity (Wildman–Crippen MR) is 127 cm³/mol. The highest BCUT2D eigenvalue weighted by Crippen LogP contribution is 2.27. The lowest BCUT2D eigenvalue weighted by atomic mass is 9.86. The third-order valence-electron chi connectivity index (χ3n) is 6.56. The van der Waals surface area contributed by atoms with Crippen LogP contribution in [-0.4, -0.2) is 37.1 Å². The van der Waals surface area contributed by atoms with Gasteiger partial charge in [0.25, 0.3) is 5.91 Å². The maximum Gasteiger partial charge on any atom is 0.251 e. The van der Waals surface area contributed by atoms with Crippen molar-refractivity contribution in [1.82, 2.24) is 10.0 Å². The highest BCUT2D eigenvalue weighted by Gasteiger charge is 2.34. The lowest BCUT2D eigenvalue weighted by Gasteiger charge is -2.30. The van der Waals surface area contributed by atoms with Gasteiger partial charge in [-0.05, 0) is 77.5 Å². The van der Waals surface area contributed by atoms with Crippen LogP contribution < -0.4 is 15.4 Å². The number of hydrogen-bond donors (Lipinski definition) is 3. The highest BCUT2D eigenvalue weighted by molar-refractivity contribution is 7.90. The van der Waals surface area contributed by atoms with Gasteiger partial charge in [0.05, 0.1) is 4.75 Å². The van der Waals surface area contributed by atoms with E-state index in [2.05, 4.69) is 15.4 Å². The fourth-order valence-corrected chi connectivity index (χ4v) is 5.40. The number of amides is 2. The minimum atomic E-state index is -3.40. The molecule has 0 unspecified atom stereocenters. The molecular weight excluding hydrogens is 426 g/mol. The average Bonchev–Trinajstić information content (AvgIpc) is 2.74. The zero-order valence-corrected chi connectivity index (χ0v) is 20.3. The number of hydrogen-bond acceptors (Lipinski definition) is 4.